The van der Waals surface area contributed by atoms with Crippen molar-refractivity contribution in [3.63, 3.8) is 0 Å². The summed E-state index contributed by atoms with van der Waals surface area (Å²) in [6.07, 6.45) is 4.33. The summed E-state index contributed by atoms with van der Waals surface area (Å²) in [5.74, 6) is 0.917. The van der Waals surface area contributed by atoms with Gasteiger partial charge in [-0.2, -0.15) is 0 Å². The highest BCUT2D eigenvalue weighted by molar-refractivity contribution is 6.05. The molecular weight excluding hydrogens is 432 g/mol. The number of benzene rings is 3. The Labute approximate surface area is 199 Å². The molecule has 7 nitrogen and oxygen atoms in total. The number of rotatable bonds is 8. The normalized spacial score (nSPS) is 12.3. The first kappa shape index (κ1) is 23.2. The standard InChI is InChI=1S/C27H28N2O5/c1-32-21-13-11-20(12-14-21)28-26(30)17-34-24-15-10-19(16-25(24)33-2)27(31)29-23-9-5-7-18-6-3-4-8-22(18)23/h5,7,9-16H,3-4,6,8,17H2,1-2H3,(H,28,30)(H,29,31). The second-order valence-corrected chi connectivity index (χ2v) is 8.04. The molecule has 0 saturated heterocycles. The minimum absolute atomic E-state index is 0.204. The van der Waals surface area contributed by atoms with Gasteiger partial charge < -0.3 is 24.8 Å². The zero-order valence-electron chi connectivity index (χ0n) is 19.4. The Morgan fingerprint density at radius 1 is 0.853 bits per heavy atom. The topological polar surface area (TPSA) is 85.9 Å². The lowest BCUT2D eigenvalue weighted by molar-refractivity contribution is -0.118. The van der Waals surface area contributed by atoms with Crippen LogP contribution in [0.5, 0.6) is 17.2 Å². The lowest BCUT2D eigenvalue weighted by atomic mass is 9.90. The van der Waals surface area contributed by atoms with E-state index in [-0.39, 0.29) is 18.4 Å². The fraction of sp³-hybridized carbons (Fsp3) is 0.259. The number of carbonyl (C=O) groups is 2. The predicted molar refractivity (Wildman–Crippen MR) is 131 cm³/mol. The number of hydrogen-bond donors (Lipinski definition) is 2. The third kappa shape index (κ3) is 5.49. The van der Waals surface area contributed by atoms with E-state index in [2.05, 4.69) is 16.7 Å². The third-order valence-electron chi connectivity index (χ3n) is 5.80. The number of fused-ring (bicyclic) bond motifs is 1. The van der Waals surface area contributed by atoms with Crippen LogP contribution >= 0.6 is 0 Å². The highest BCUT2D eigenvalue weighted by atomic mass is 16.5. The molecule has 0 radical (unpaired) electrons. The summed E-state index contributed by atoms with van der Waals surface area (Å²) in [5.41, 5.74) is 4.46. The van der Waals surface area contributed by atoms with Crippen molar-refractivity contribution >= 4 is 23.2 Å². The molecule has 34 heavy (non-hydrogen) atoms. The SMILES string of the molecule is COc1ccc(NC(=O)COc2ccc(C(=O)Nc3cccc4c3CCCC4)cc2OC)cc1. The van der Waals surface area contributed by atoms with E-state index in [9.17, 15) is 9.59 Å². The van der Waals surface area contributed by atoms with Gasteiger partial charge in [-0.15, -0.1) is 0 Å². The van der Waals surface area contributed by atoms with Gasteiger partial charge >= 0.3 is 0 Å². The molecule has 2 amide bonds. The number of methoxy groups -OCH3 is 2. The van der Waals surface area contributed by atoms with Crippen molar-refractivity contribution in [2.24, 2.45) is 0 Å². The molecule has 1 aliphatic rings. The Balaban J connectivity index is 1.39. The molecular formula is C27H28N2O5. The summed E-state index contributed by atoms with van der Waals surface area (Å²) in [4.78, 5) is 25.2. The van der Waals surface area contributed by atoms with Gasteiger partial charge in [0.2, 0.25) is 0 Å². The molecule has 7 heteroatoms. The maximum absolute atomic E-state index is 12.9. The quantitative estimate of drug-likeness (QED) is 0.502. The van der Waals surface area contributed by atoms with Crippen molar-refractivity contribution in [2.75, 3.05) is 31.5 Å². The lowest BCUT2D eigenvalue weighted by Crippen LogP contribution is -2.20. The summed E-state index contributed by atoms with van der Waals surface area (Å²) >= 11 is 0. The van der Waals surface area contributed by atoms with E-state index < -0.39 is 0 Å². The van der Waals surface area contributed by atoms with Crippen molar-refractivity contribution in [1.29, 1.82) is 0 Å². The van der Waals surface area contributed by atoms with Crippen molar-refractivity contribution in [1.82, 2.24) is 0 Å². The Hall–Kier alpha value is -4.00. The molecule has 176 valence electrons. The summed E-state index contributed by atoms with van der Waals surface area (Å²) in [5, 5.41) is 5.79. The highest BCUT2D eigenvalue weighted by Crippen LogP contribution is 2.30. The molecule has 0 aliphatic heterocycles. The first-order valence-electron chi connectivity index (χ1n) is 11.2. The molecule has 0 saturated carbocycles. The zero-order valence-corrected chi connectivity index (χ0v) is 19.4. The first-order chi connectivity index (χ1) is 16.6. The van der Waals surface area contributed by atoms with Gasteiger partial charge in [-0.05, 0) is 85.3 Å². The fourth-order valence-corrected chi connectivity index (χ4v) is 4.04. The zero-order chi connectivity index (χ0) is 23.9. The molecule has 0 bridgehead atoms. The molecule has 0 spiro atoms. The van der Waals surface area contributed by atoms with Gasteiger partial charge in [0.15, 0.2) is 18.1 Å². The van der Waals surface area contributed by atoms with Crippen LogP contribution in [0.4, 0.5) is 11.4 Å². The minimum Gasteiger partial charge on any atom is -0.497 e. The van der Waals surface area contributed by atoms with Gasteiger partial charge in [-0.3, -0.25) is 9.59 Å². The first-order valence-corrected chi connectivity index (χ1v) is 11.2. The summed E-state index contributed by atoms with van der Waals surface area (Å²) < 4.78 is 16.2. The second-order valence-electron chi connectivity index (χ2n) is 8.04. The van der Waals surface area contributed by atoms with Crippen LogP contribution in [0, 0.1) is 0 Å². The minimum atomic E-state index is -0.317. The molecule has 1 aliphatic carbocycles. The van der Waals surface area contributed by atoms with E-state index in [4.69, 9.17) is 14.2 Å². The largest absolute Gasteiger partial charge is 0.497 e. The number of carbonyl (C=O) groups excluding carboxylic acids is 2. The second kappa shape index (κ2) is 10.7. The van der Waals surface area contributed by atoms with Crippen LogP contribution < -0.4 is 24.8 Å². The van der Waals surface area contributed by atoms with Crippen LogP contribution in [0.2, 0.25) is 0 Å². The Morgan fingerprint density at radius 3 is 2.41 bits per heavy atom. The van der Waals surface area contributed by atoms with Gasteiger partial charge in [0.05, 0.1) is 14.2 Å². The molecule has 4 rings (SSSR count). The summed E-state index contributed by atoms with van der Waals surface area (Å²) in [6.45, 7) is -0.204. The molecule has 0 atom stereocenters. The van der Waals surface area contributed by atoms with Gasteiger partial charge in [0.1, 0.15) is 5.75 Å². The lowest BCUT2D eigenvalue weighted by Gasteiger charge is -2.19. The van der Waals surface area contributed by atoms with E-state index in [0.29, 0.717) is 28.5 Å². The smallest absolute Gasteiger partial charge is 0.262 e. The van der Waals surface area contributed by atoms with Crippen molar-refractivity contribution < 1.29 is 23.8 Å². The number of amides is 2. The van der Waals surface area contributed by atoms with Gasteiger partial charge in [-0.1, -0.05) is 12.1 Å². The van der Waals surface area contributed by atoms with Gasteiger partial charge in [-0.25, -0.2) is 0 Å². The third-order valence-corrected chi connectivity index (χ3v) is 5.80. The van der Waals surface area contributed by atoms with Crippen molar-refractivity contribution in [2.45, 2.75) is 25.7 Å². The van der Waals surface area contributed by atoms with Crippen LogP contribution in [0.25, 0.3) is 0 Å². The van der Waals surface area contributed by atoms with Crippen molar-refractivity contribution in [3.8, 4) is 17.2 Å². The average Bonchev–Trinajstić information content (AvgIpc) is 2.88. The molecule has 0 aromatic heterocycles. The van der Waals surface area contributed by atoms with Crippen LogP contribution in [-0.4, -0.2) is 32.6 Å². The highest BCUT2D eigenvalue weighted by Gasteiger charge is 2.17. The molecule has 2 N–H and O–H groups in total. The average molecular weight is 461 g/mol. The van der Waals surface area contributed by atoms with E-state index in [0.717, 1.165) is 24.9 Å². The van der Waals surface area contributed by atoms with Crippen LogP contribution in [0.15, 0.2) is 60.7 Å². The Kier molecular flexibility index (Phi) is 7.32. The van der Waals surface area contributed by atoms with Gasteiger partial charge in [0.25, 0.3) is 11.8 Å². The molecule has 0 heterocycles. The van der Waals surface area contributed by atoms with E-state index in [1.807, 2.05) is 12.1 Å². The van der Waals surface area contributed by atoms with Gasteiger partial charge in [0, 0.05) is 16.9 Å². The predicted octanol–water partition coefficient (Wildman–Crippen LogP) is 4.85. The molecule has 0 fully saturated rings. The number of aryl methyl sites for hydroxylation is 1. The number of anilines is 2. The Morgan fingerprint density at radius 2 is 1.65 bits per heavy atom. The summed E-state index contributed by atoms with van der Waals surface area (Å²) in [6, 6.07) is 18.0. The fourth-order valence-electron chi connectivity index (χ4n) is 4.04. The van der Waals surface area contributed by atoms with Crippen LogP contribution in [0.1, 0.15) is 34.3 Å². The monoisotopic (exact) mass is 460 g/mol. The molecule has 0 unspecified atom stereocenters. The van der Waals surface area contributed by atoms with Crippen LogP contribution in [-0.2, 0) is 17.6 Å². The molecule has 3 aromatic carbocycles. The van der Waals surface area contributed by atoms with E-state index in [1.165, 1.54) is 24.7 Å². The summed E-state index contributed by atoms with van der Waals surface area (Å²) in [7, 11) is 3.08. The number of nitrogens with one attached hydrogen (secondary N) is 2. The van der Waals surface area contributed by atoms with Crippen LogP contribution in [0.3, 0.4) is 0 Å². The van der Waals surface area contributed by atoms with Crippen molar-refractivity contribution in [3.05, 3.63) is 77.4 Å². The Bertz CT molecular complexity index is 1170. The van der Waals surface area contributed by atoms with E-state index >= 15 is 0 Å². The molecule has 3 aromatic rings. The number of hydrogen-bond acceptors (Lipinski definition) is 5. The number of ether oxygens (including phenoxy) is 3. The maximum Gasteiger partial charge on any atom is 0.262 e. The maximum atomic E-state index is 12.9. The van der Waals surface area contributed by atoms with E-state index in [1.54, 1.807) is 49.6 Å².